The first-order valence-corrected chi connectivity index (χ1v) is 12.7. The van der Waals surface area contributed by atoms with E-state index < -0.39 is 0 Å². The van der Waals surface area contributed by atoms with Crippen molar-refractivity contribution in [1.82, 2.24) is 0 Å². The van der Waals surface area contributed by atoms with Crippen molar-refractivity contribution in [3.8, 4) is 5.75 Å². The number of carbonyl (C=O) groups is 1. The van der Waals surface area contributed by atoms with Crippen molar-refractivity contribution in [2.75, 3.05) is 25.7 Å². The Morgan fingerprint density at radius 2 is 1.81 bits per heavy atom. The van der Waals surface area contributed by atoms with Gasteiger partial charge < -0.3 is 14.4 Å². The Bertz CT molecular complexity index is 1260. The van der Waals surface area contributed by atoms with Gasteiger partial charge in [0.05, 0.1) is 19.8 Å². The summed E-state index contributed by atoms with van der Waals surface area (Å²) < 4.78 is 10.3. The molecule has 0 bridgehead atoms. The van der Waals surface area contributed by atoms with Crippen LogP contribution in [0.3, 0.4) is 0 Å². The van der Waals surface area contributed by atoms with Crippen LogP contribution in [0.4, 0.5) is 5.69 Å². The number of esters is 1. The van der Waals surface area contributed by atoms with Gasteiger partial charge in [0.15, 0.2) is 0 Å². The summed E-state index contributed by atoms with van der Waals surface area (Å²) >= 11 is 0. The van der Waals surface area contributed by atoms with Gasteiger partial charge in [0.25, 0.3) is 0 Å². The van der Waals surface area contributed by atoms with E-state index in [1.807, 2.05) is 0 Å². The van der Waals surface area contributed by atoms with E-state index in [4.69, 9.17) is 9.47 Å². The maximum Gasteiger partial charge on any atom is 0.330 e. The molecule has 3 aromatic rings. The van der Waals surface area contributed by atoms with Crippen LogP contribution in [0.15, 0.2) is 66.7 Å². The Kier molecular flexibility index (Phi) is 7.53. The number of aryl methyl sites for hydroxylation is 1. The van der Waals surface area contributed by atoms with E-state index in [-0.39, 0.29) is 11.5 Å². The van der Waals surface area contributed by atoms with Gasteiger partial charge in [-0.1, -0.05) is 50.2 Å². The SMILES string of the molecule is COC(=O)C=Cc1ccc(C2(C)c3ccc(OC)cc3CCN2c2ccc(CC(C)C)c(C)c2)cc1. The normalized spacial score (nSPS) is 17.4. The van der Waals surface area contributed by atoms with Crippen LogP contribution in [-0.2, 0) is 27.9 Å². The molecule has 0 N–H and O–H groups in total. The van der Waals surface area contributed by atoms with E-state index >= 15 is 0 Å². The molecule has 0 radical (unpaired) electrons. The third-order valence-electron chi connectivity index (χ3n) is 7.33. The van der Waals surface area contributed by atoms with Crippen molar-refractivity contribution in [2.24, 2.45) is 5.92 Å². The van der Waals surface area contributed by atoms with Crippen LogP contribution in [-0.4, -0.2) is 26.7 Å². The smallest absolute Gasteiger partial charge is 0.330 e. The molecule has 0 saturated carbocycles. The summed E-state index contributed by atoms with van der Waals surface area (Å²) in [6, 6.07) is 21.8. The summed E-state index contributed by atoms with van der Waals surface area (Å²) in [5.41, 5.74) is 8.39. The second-order valence-corrected chi connectivity index (χ2v) is 10.2. The number of anilines is 1. The molecule has 3 aromatic carbocycles. The maximum atomic E-state index is 11.5. The molecule has 4 heteroatoms. The molecule has 1 heterocycles. The molecule has 0 fully saturated rings. The highest BCUT2D eigenvalue weighted by atomic mass is 16.5. The molecule has 188 valence electrons. The number of carbonyl (C=O) groups excluding carboxylic acids is 1. The second kappa shape index (κ2) is 10.6. The number of methoxy groups -OCH3 is 2. The molecule has 0 amide bonds. The van der Waals surface area contributed by atoms with Gasteiger partial charge in [-0.05, 0) is 96.3 Å². The van der Waals surface area contributed by atoms with Gasteiger partial charge in [-0.2, -0.15) is 0 Å². The highest BCUT2D eigenvalue weighted by Gasteiger charge is 2.40. The lowest BCUT2D eigenvalue weighted by atomic mass is 9.76. The van der Waals surface area contributed by atoms with Gasteiger partial charge in [-0.15, -0.1) is 0 Å². The fraction of sp³-hybridized carbons (Fsp3) is 0.344. The number of rotatable bonds is 7. The number of nitrogens with zero attached hydrogens (tertiary/aromatic N) is 1. The molecule has 4 rings (SSSR count). The van der Waals surface area contributed by atoms with Crippen LogP contribution in [0.2, 0.25) is 0 Å². The Labute approximate surface area is 215 Å². The minimum atomic E-state index is -0.365. The van der Waals surface area contributed by atoms with Crippen LogP contribution in [0.5, 0.6) is 5.75 Å². The summed E-state index contributed by atoms with van der Waals surface area (Å²) in [6.07, 6.45) is 5.28. The minimum absolute atomic E-state index is 0.358. The van der Waals surface area contributed by atoms with Gasteiger partial charge in [0.1, 0.15) is 5.75 Å². The number of hydrogen-bond donors (Lipinski definition) is 0. The fourth-order valence-electron chi connectivity index (χ4n) is 5.35. The van der Waals surface area contributed by atoms with Crippen LogP contribution in [0.1, 0.15) is 54.2 Å². The predicted octanol–water partition coefficient (Wildman–Crippen LogP) is 6.71. The molecule has 1 aliphatic rings. The Morgan fingerprint density at radius 1 is 1.06 bits per heavy atom. The third-order valence-corrected chi connectivity index (χ3v) is 7.33. The van der Waals surface area contributed by atoms with Gasteiger partial charge in [0.2, 0.25) is 0 Å². The molecule has 1 aliphatic heterocycles. The summed E-state index contributed by atoms with van der Waals surface area (Å²) in [5.74, 6) is 1.16. The zero-order valence-corrected chi connectivity index (χ0v) is 22.3. The first-order valence-electron chi connectivity index (χ1n) is 12.7. The van der Waals surface area contributed by atoms with Crippen molar-refractivity contribution in [1.29, 1.82) is 0 Å². The van der Waals surface area contributed by atoms with Crippen molar-refractivity contribution in [2.45, 2.75) is 46.1 Å². The lowest BCUT2D eigenvalue weighted by molar-refractivity contribution is -0.134. The molecule has 36 heavy (non-hydrogen) atoms. The second-order valence-electron chi connectivity index (χ2n) is 10.2. The molecule has 1 unspecified atom stereocenters. The van der Waals surface area contributed by atoms with E-state index in [1.165, 1.54) is 46.7 Å². The van der Waals surface area contributed by atoms with Gasteiger partial charge in [0, 0.05) is 18.3 Å². The van der Waals surface area contributed by atoms with E-state index in [9.17, 15) is 4.79 Å². The standard InChI is InChI=1S/C32H37NO3/c1-22(2)19-25-10-13-28(20-23(25)3)33-18-17-26-21-29(35-5)14-15-30(26)32(33,4)27-11-7-24(8-12-27)9-16-31(34)36-6/h7-16,20-22H,17-19H2,1-6H3. The number of fused-ring (bicyclic) bond motifs is 1. The molecule has 0 saturated heterocycles. The highest BCUT2D eigenvalue weighted by molar-refractivity contribution is 5.86. The highest BCUT2D eigenvalue weighted by Crippen LogP contribution is 2.44. The summed E-state index contributed by atoms with van der Waals surface area (Å²) in [5, 5.41) is 0. The van der Waals surface area contributed by atoms with Crippen LogP contribution in [0, 0.1) is 12.8 Å². The van der Waals surface area contributed by atoms with Crippen molar-refractivity contribution in [3.05, 3.63) is 100 Å². The lowest BCUT2D eigenvalue weighted by Gasteiger charge is -2.48. The third kappa shape index (κ3) is 5.04. The van der Waals surface area contributed by atoms with E-state index in [2.05, 4.69) is 93.3 Å². The molecule has 0 spiro atoms. The van der Waals surface area contributed by atoms with E-state index in [0.717, 1.165) is 30.7 Å². The molecular weight excluding hydrogens is 446 g/mol. The maximum absolute atomic E-state index is 11.5. The Morgan fingerprint density at radius 3 is 2.44 bits per heavy atom. The summed E-state index contributed by atoms with van der Waals surface area (Å²) in [7, 11) is 3.11. The molecule has 0 aromatic heterocycles. The monoisotopic (exact) mass is 483 g/mol. The quantitative estimate of drug-likeness (QED) is 0.276. The van der Waals surface area contributed by atoms with Gasteiger partial charge >= 0.3 is 5.97 Å². The van der Waals surface area contributed by atoms with E-state index in [1.54, 1.807) is 13.2 Å². The molecule has 1 atom stereocenters. The van der Waals surface area contributed by atoms with E-state index in [0.29, 0.717) is 5.92 Å². The molecule has 0 aliphatic carbocycles. The first kappa shape index (κ1) is 25.6. The minimum Gasteiger partial charge on any atom is -0.497 e. The van der Waals surface area contributed by atoms with Crippen LogP contribution >= 0.6 is 0 Å². The average molecular weight is 484 g/mol. The first-order chi connectivity index (χ1) is 17.3. The zero-order chi connectivity index (χ0) is 25.9. The fourth-order valence-corrected chi connectivity index (χ4v) is 5.35. The Hall–Kier alpha value is -3.53. The van der Waals surface area contributed by atoms with Crippen molar-refractivity contribution < 1.29 is 14.3 Å². The molecular formula is C32H37NO3. The summed E-state index contributed by atoms with van der Waals surface area (Å²) in [4.78, 5) is 14.1. The van der Waals surface area contributed by atoms with Gasteiger partial charge in [-0.3, -0.25) is 0 Å². The molecule has 4 nitrogen and oxygen atoms in total. The summed E-state index contributed by atoms with van der Waals surface area (Å²) in [6.45, 7) is 9.98. The van der Waals surface area contributed by atoms with Gasteiger partial charge in [-0.25, -0.2) is 4.79 Å². The van der Waals surface area contributed by atoms with Crippen molar-refractivity contribution >= 4 is 17.7 Å². The average Bonchev–Trinajstić information content (AvgIpc) is 2.88. The Balaban J connectivity index is 1.80. The van der Waals surface area contributed by atoms with Crippen LogP contribution in [0.25, 0.3) is 6.08 Å². The number of benzene rings is 3. The lowest BCUT2D eigenvalue weighted by Crippen LogP contribution is -2.49. The number of hydrogen-bond acceptors (Lipinski definition) is 4. The van der Waals surface area contributed by atoms with Crippen molar-refractivity contribution in [3.63, 3.8) is 0 Å². The predicted molar refractivity (Wildman–Crippen MR) is 148 cm³/mol. The van der Waals surface area contributed by atoms with Crippen LogP contribution < -0.4 is 9.64 Å². The topological polar surface area (TPSA) is 38.8 Å². The largest absolute Gasteiger partial charge is 0.497 e. The zero-order valence-electron chi connectivity index (χ0n) is 22.3. The number of ether oxygens (including phenoxy) is 2.